The fourth-order valence-electron chi connectivity index (χ4n) is 5.19. The Kier molecular flexibility index (Phi) is 5.49. The summed E-state index contributed by atoms with van der Waals surface area (Å²) in [5.74, 6) is 0. The minimum Gasteiger partial charge on any atom is -0.254 e. The van der Waals surface area contributed by atoms with Crippen molar-refractivity contribution in [3.63, 3.8) is 0 Å². The van der Waals surface area contributed by atoms with E-state index < -0.39 is 0 Å². The minimum atomic E-state index is 0.873. The van der Waals surface area contributed by atoms with Crippen LogP contribution in [-0.4, -0.2) is 9.97 Å². The molecule has 0 fully saturated rings. The van der Waals surface area contributed by atoms with Crippen LogP contribution in [0.15, 0.2) is 146 Å². The number of aromatic nitrogens is 2. The van der Waals surface area contributed by atoms with Crippen molar-refractivity contribution in [3.05, 3.63) is 146 Å². The van der Waals surface area contributed by atoms with Crippen molar-refractivity contribution in [3.8, 4) is 44.8 Å². The Morgan fingerprint density at radius 3 is 1.50 bits per heavy atom. The lowest BCUT2D eigenvalue weighted by Gasteiger charge is -2.12. The largest absolute Gasteiger partial charge is 0.254 e. The molecule has 38 heavy (non-hydrogen) atoms. The van der Waals surface area contributed by atoms with Gasteiger partial charge >= 0.3 is 0 Å². The van der Waals surface area contributed by atoms with E-state index in [0.29, 0.717) is 0 Å². The molecule has 0 spiro atoms. The fraction of sp³-hybridized carbons (Fsp3) is 0. The first-order valence-corrected chi connectivity index (χ1v) is 12.8. The molecule has 0 aliphatic heterocycles. The number of hydrogen-bond donors (Lipinski definition) is 0. The molecule has 7 aromatic rings. The van der Waals surface area contributed by atoms with Crippen LogP contribution in [0.2, 0.25) is 0 Å². The van der Waals surface area contributed by atoms with Crippen LogP contribution in [0.1, 0.15) is 0 Å². The van der Waals surface area contributed by atoms with Gasteiger partial charge in [-0.25, -0.2) is 4.98 Å². The van der Waals surface area contributed by atoms with Crippen molar-refractivity contribution in [2.75, 3.05) is 0 Å². The smallest absolute Gasteiger partial charge is 0.0972 e. The second kappa shape index (κ2) is 9.42. The molecule has 2 nitrogen and oxygen atoms in total. The van der Waals surface area contributed by atoms with Gasteiger partial charge in [-0.1, -0.05) is 109 Å². The standard InChI is InChI=1S/C36H24N2/c1-3-11-25(12-4-1)28-21-29(26-13-5-2-6-14-26)23-30(22-28)27-19-20-35(37-24-27)36-33-17-8-7-15-31(33)32-16-9-10-18-34(32)38-36/h1-24H. The molecule has 0 unspecified atom stereocenters. The highest BCUT2D eigenvalue weighted by atomic mass is 14.8. The Hall–Kier alpha value is -5.08. The lowest BCUT2D eigenvalue weighted by molar-refractivity contribution is 1.29. The topological polar surface area (TPSA) is 25.8 Å². The second-order valence-electron chi connectivity index (χ2n) is 9.49. The van der Waals surface area contributed by atoms with Gasteiger partial charge in [0.05, 0.1) is 16.9 Å². The van der Waals surface area contributed by atoms with Gasteiger partial charge in [0.2, 0.25) is 0 Å². The third-order valence-corrected chi connectivity index (χ3v) is 7.10. The van der Waals surface area contributed by atoms with E-state index in [2.05, 4.69) is 133 Å². The number of para-hydroxylation sites is 1. The van der Waals surface area contributed by atoms with Crippen molar-refractivity contribution >= 4 is 21.7 Å². The molecule has 2 heterocycles. The van der Waals surface area contributed by atoms with E-state index in [1.54, 1.807) is 0 Å². The minimum absolute atomic E-state index is 0.873. The molecule has 2 heteroatoms. The van der Waals surface area contributed by atoms with E-state index in [4.69, 9.17) is 9.97 Å². The zero-order valence-corrected chi connectivity index (χ0v) is 20.8. The van der Waals surface area contributed by atoms with Gasteiger partial charge in [0, 0.05) is 22.5 Å². The monoisotopic (exact) mass is 484 g/mol. The Bertz CT molecular complexity index is 1830. The highest BCUT2D eigenvalue weighted by Crippen LogP contribution is 2.35. The van der Waals surface area contributed by atoms with Crippen LogP contribution >= 0.6 is 0 Å². The Balaban J connectivity index is 1.35. The average Bonchev–Trinajstić information content (AvgIpc) is 3.01. The van der Waals surface area contributed by atoms with Crippen LogP contribution in [-0.2, 0) is 0 Å². The van der Waals surface area contributed by atoms with E-state index in [9.17, 15) is 0 Å². The maximum atomic E-state index is 5.02. The third kappa shape index (κ3) is 4.03. The molecule has 178 valence electrons. The number of fused-ring (bicyclic) bond motifs is 3. The second-order valence-corrected chi connectivity index (χ2v) is 9.49. The summed E-state index contributed by atoms with van der Waals surface area (Å²) in [5.41, 5.74) is 9.75. The van der Waals surface area contributed by atoms with Gasteiger partial charge < -0.3 is 0 Å². The van der Waals surface area contributed by atoms with Crippen molar-refractivity contribution in [2.45, 2.75) is 0 Å². The Morgan fingerprint density at radius 1 is 0.368 bits per heavy atom. The summed E-state index contributed by atoms with van der Waals surface area (Å²) < 4.78 is 0. The summed E-state index contributed by atoms with van der Waals surface area (Å²) in [6.45, 7) is 0. The van der Waals surface area contributed by atoms with Crippen LogP contribution in [0.4, 0.5) is 0 Å². The highest BCUT2D eigenvalue weighted by molar-refractivity contribution is 6.10. The van der Waals surface area contributed by atoms with E-state index in [1.807, 2.05) is 12.3 Å². The molecule has 0 aliphatic carbocycles. The van der Waals surface area contributed by atoms with Gasteiger partial charge in [-0.05, 0) is 63.5 Å². The summed E-state index contributed by atoms with van der Waals surface area (Å²) in [5, 5.41) is 3.47. The van der Waals surface area contributed by atoms with Gasteiger partial charge in [-0.15, -0.1) is 0 Å². The maximum Gasteiger partial charge on any atom is 0.0972 e. The quantitative estimate of drug-likeness (QED) is 0.233. The number of rotatable bonds is 4. The van der Waals surface area contributed by atoms with Gasteiger partial charge in [0.1, 0.15) is 0 Å². The van der Waals surface area contributed by atoms with E-state index >= 15 is 0 Å². The van der Waals surface area contributed by atoms with Crippen LogP contribution < -0.4 is 0 Å². The first-order chi connectivity index (χ1) is 18.8. The number of nitrogens with zero attached hydrogens (tertiary/aromatic N) is 2. The van der Waals surface area contributed by atoms with Crippen molar-refractivity contribution in [1.29, 1.82) is 0 Å². The van der Waals surface area contributed by atoms with Crippen molar-refractivity contribution < 1.29 is 0 Å². The molecule has 7 rings (SSSR count). The van der Waals surface area contributed by atoms with Crippen molar-refractivity contribution in [2.24, 2.45) is 0 Å². The van der Waals surface area contributed by atoms with Gasteiger partial charge in [-0.2, -0.15) is 0 Å². The van der Waals surface area contributed by atoms with E-state index in [1.165, 1.54) is 27.6 Å². The molecule has 0 saturated carbocycles. The first-order valence-electron chi connectivity index (χ1n) is 12.8. The summed E-state index contributed by atoms with van der Waals surface area (Å²) in [4.78, 5) is 9.95. The SMILES string of the molecule is c1ccc(-c2cc(-c3ccccc3)cc(-c3ccc(-c4nc5ccccc5c5ccccc45)nc3)c2)cc1. The number of benzene rings is 5. The zero-order chi connectivity index (χ0) is 25.3. The highest BCUT2D eigenvalue weighted by Gasteiger charge is 2.12. The van der Waals surface area contributed by atoms with E-state index in [0.717, 1.165) is 38.8 Å². The number of hydrogen-bond acceptors (Lipinski definition) is 2. The van der Waals surface area contributed by atoms with Crippen LogP contribution in [0.5, 0.6) is 0 Å². The Labute approximate surface area is 221 Å². The summed E-state index contributed by atoms with van der Waals surface area (Å²) in [6, 6.07) is 48.9. The summed E-state index contributed by atoms with van der Waals surface area (Å²) in [7, 11) is 0. The average molecular weight is 485 g/mol. The molecular weight excluding hydrogens is 460 g/mol. The van der Waals surface area contributed by atoms with Crippen LogP contribution in [0, 0.1) is 0 Å². The molecule has 0 aliphatic rings. The summed E-state index contributed by atoms with van der Waals surface area (Å²) >= 11 is 0. The van der Waals surface area contributed by atoms with Crippen LogP contribution in [0.25, 0.3) is 66.4 Å². The maximum absolute atomic E-state index is 5.02. The normalized spacial score (nSPS) is 11.2. The zero-order valence-electron chi connectivity index (χ0n) is 20.8. The van der Waals surface area contributed by atoms with Gasteiger partial charge in [0.25, 0.3) is 0 Å². The molecule has 2 aromatic heterocycles. The molecule has 0 bridgehead atoms. The molecule has 5 aromatic carbocycles. The Morgan fingerprint density at radius 2 is 0.895 bits per heavy atom. The third-order valence-electron chi connectivity index (χ3n) is 7.10. The predicted octanol–water partition coefficient (Wildman–Crippen LogP) is 9.45. The molecule has 0 N–H and O–H groups in total. The lowest BCUT2D eigenvalue weighted by atomic mass is 9.93. The molecule has 0 atom stereocenters. The lowest BCUT2D eigenvalue weighted by Crippen LogP contribution is -1.92. The molecular formula is C36H24N2. The summed E-state index contributed by atoms with van der Waals surface area (Å²) in [6.07, 6.45) is 1.97. The fourth-order valence-corrected chi connectivity index (χ4v) is 5.19. The first kappa shape index (κ1) is 22.1. The van der Waals surface area contributed by atoms with Gasteiger partial charge in [0.15, 0.2) is 0 Å². The predicted molar refractivity (Wildman–Crippen MR) is 159 cm³/mol. The van der Waals surface area contributed by atoms with Crippen LogP contribution in [0.3, 0.4) is 0 Å². The molecule has 0 radical (unpaired) electrons. The number of pyridine rings is 2. The molecule has 0 saturated heterocycles. The van der Waals surface area contributed by atoms with E-state index in [-0.39, 0.29) is 0 Å². The van der Waals surface area contributed by atoms with Gasteiger partial charge in [-0.3, -0.25) is 4.98 Å². The van der Waals surface area contributed by atoms with Crippen molar-refractivity contribution in [1.82, 2.24) is 9.97 Å². The molecule has 0 amide bonds.